The van der Waals surface area contributed by atoms with Crippen LogP contribution < -0.4 is 14.2 Å². The molecule has 0 saturated heterocycles. The van der Waals surface area contributed by atoms with E-state index in [9.17, 15) is 0 Å². The third kappa shape index (κ3) is 4.69. The van der Waals surface area contributed by atoms with E-state index in [0.29, 0.717) is 19.8 Å². The summed E-state index contributed by atoms with van der Waals surface area (Å²) in [5.74, 6) is 2.56. The number of ether oxygens (including phenoxy) is 3. The van der Waals surface area contributed by atoms with Crippen LogP contribution in [0.4, 0.5) is 0 Å². The molecule has 0 aliphatic carbocycles. The van der Waals surface area contributed by atoms with Crippen LogP contribution in [0.25, 0.3) is 0 Å². The summed E-state index contributed by atoms with van der Waals surface area (Å²) in [6.07, 6.45) is 1.81. The van der Waals surface area contributed by atoms with Crippen molar-refractivity contribution in [1.82, 2.24) is 0 Å². The number of para-hydroxylation sites is 3. The number of hydrogen-bond donors (Lipinski definition) is 0. The molecular formula is C19H24O3. The number of rotatable bonds is 9. The first kappa shape index (κ1) is 16.2. The average molecular weight is 300 g/mol. The van der Waals surface area contributed by atoms with Crippen molar-refractivity contribution in [2.45, 2.75) is 26.7 Å². The Bertz CT molecular complexity index is 566. The molecule has 2 aromatic rings. The summed E-state index contributed by atoms with van der Waals surface area (Å²) in [5, 5.41) is 0. The van der Waals surface area contributed by atoms with Gasteiger partial charge in [-0.25, -0.2) is 0 Å². The lowest BCUT2D eigenvalue weighted by atomic mass is 10.1. The van der Waals surface area contributed by atoms with Gasteiger partial charge in [0, 0.05) is 6.42 Å². The Hall–Kier alpha value is -2.16. The Labute approximate surface area is 132 Å². The van der Waals surface area contributed by atoms with Gasteiger partial charge in [-0.05, 0) is 37.1 Å². The fourth-order valence-corrected chi connectivity index (χ4v) is 2.20. The molecule has 0 spiro atoms. The van der Waals surface area contributed by atoms with Crippen LogP contribution in [-0.4, -0.2) is 19.8 Å². The fraction of sp³-hybridized carbons (Fsp3) is 0.368. The first-order chi connectivity index (χ1) is 10.8. The standard InChI is InChI=1S/C19H24O3/c1-3-16-10-5-6-11-17(16)21-14-9-15-22-19-13-8-7-12-18(19)20-4-2/h5-8,10-13H,3-4,9,14-15H2,1-2H3. The highest BCUT2D eigenvalue weighted by molar-refractivity contribution is 5.39. The topological polar surface area (TPSA) is 27.7 Å². The molecule has 0 amide bonds. The maximum atomic E-state index is 5.83. The summed E-state index contributed by atoms with van der Waals surface area (Å²) in [6, 6.07) is 15.9. The molecule has 3 nitrogen and oxygen atoms in total. The fourth-order valence-electron chi connectivity index (χ4n) is 2.20. The molecular weight excluding hydrogens is 276 g/mol. The van der Waals surface area contributed by atoms with Gasteiger partial charge in [0.05, 0.1) is 19.8 Å². The zero-order chi connectivity index (χ0) is 15.6. The van der Waals surface area contributed by atoms with Gasteiger partial charge in [0.25, 0.3) is 0 Å². The maximum Gasteiger partial charge on any atom is 0.161 e. The molecule has 2 aromatic carbocycles. The van der Waals surface area contributed by atoms with Gasteiger partial charge in [0.1, 0.15) is 5.75 Å². The van der Waals surface area contributed by atoms with Crippen molar-refractivity contribution in [3.8, 4) is 17.2 Å². The van der Waals surface area contributed by atoms with E-state index in [1.54, 1.807) is 0 Å². The molecule has 22 heavy (non-hydrogen) atoms. The zero-order valence-electron chi connectivity index (χ0n) is 13.4. The van der Waals surface area contributed by atoms with Crippen molar-refractivity contribution in [3.63, 3.8) is 0 Å². The van der Waals surface area contributed by atoms with Crippen LogP contribution in [0.3, 0.4) is 0 Å². The SMILES string of the molecule is CCOc1ccccc1OCCCOc1ccccc1CC. The minimum atomic E-state index is 0.610. The van der Waals surface area contributed by atoms with Crippen molar-refractivity contribution in [3.05, 3.63) is 54.1 Å². The van der Waals surface area contributed by atoms with Crippen LogP contribution in [0.5, 0.6) is 17.2 Å². The second-order valence-corrected chi connectivity index (χ2v) is 4.89. The lowest BCUT2D eigenvalue weighted by Crippen LogP contribution is -2.06. The minimum absolute atomic E-state index is 0.610. The van der Waals surface area contributed by atoms with Crippen molar-refractivity contribution in [1.29, 1.82) is 0 Å². The van der Waals surface area contributed by atoms with Crippen molar-refractivity contribution >= 4 is 0 Å². The number of benzene rings is 2. The molecule has 0 atom stereocenters. The predicted octanol–water partition coefficient (Wildman–Crippen LogP) is 4.50. The maximum absolute atomic E-state index is 5.83. The minimum Gasteiger partial charge on any atom is -0.493 e. The van der Waals surface area contributed by atoms with Crippen LogP contribution in [0.1, 0.15) is 25.8 Å². The van der Waals surface area contributed by atoms with E-state index in [4.69, 9.17) is 14.2 Å². The third-order valence-electron chi connectivity index (χ3n) is 3.31. The number of aryl methyl sites for hydroxylation is 1. The van der Waals surface area contributed by atoms with Crippen molar-refractivity contribution in [2.24, 2.45) is 0 Å². The molecule has 0 unspecified atom stereocenters. The molecule has 0 heterocycles. The molecule has 3 heteroatoms. The summed E-state index contributed by atoms with van der Waals surface area (Å²) in [6.45, 7) is 6.00. The summed E-state index contributed by atoms with van der Waals surface area (Å²) in [5.41, 5.74) is 1.24. The van der Waals surface area contributed by atoms with Gasteiger partial charge in [-0.15, -0.1) is 0 Å². The summed E-state index contributed by atoms with van der Waals surface area (Å²) < 4.78 is 17.1. The smallest absolute Gasteiger partial charge is 0.161 e. The lowest BCUT2D eigenvalue weighted by molar-refractivity contribution is 0.235. The molecule has 0 bridgehead atoms. The Morgan fingerprint density at radius 2 is 1.23 bits per heavy atom. The van der Waals surface area contributed by atoms with Crippen LogP contribution >= 0.6 is 0 Å². The summed E-state index contributed by atoms with van der Waals surface area (Å²) in [7, 11) is 0. The number of hydrogen-bond acceptors (Lipinski definition) is 3. The van der Waals surface area contributed by atoms with E-state index < -0.39 is 0 Å². The van der Waals surface area contributed by atoms with Crippen molar-refractivity contribution < 1.29 is 14.2 Å². The lowest BCUT2D eigenvalue weighted by Gasteiger charge is -2.13. The van der Waals surface area contributed by atoms with Gasteiger partial charge < -0.3 is 14.2 Å². The molecule has 0 aliphatic rings. The third-order valence-corrected chi connectivity index (χ3v) is 3.31. The Morgan fingerprint density at radius 1 is 0.682 bits per heavy atom. The second kappa shape index (κ2) is 8.98. The van der Waals surface area contributed by atoms with Gasteiger partial charge in [-0.2, -0.15) is 0 Å². The second-order valence-electron chi connectivity index (χ2n) is 4.89. The summed E-state index contributed by atoms with van der Waals surface area (Å²) >= 11 is 0. The molecule has 0 radical (unpaired) electrons. The summed E-state index contributed by atoms with van der Waals surface area (Å²) in [4.78, 5) is 0. The largest absolute Gasteiger partial charge is 0.493 e. The van der Waals surface area contributed by atoms with E-state index >= 15 is 0 Å². The molecule has 0 fully saturated rings. The Morgan fingerprint density at radius 3 is 1.86 bits per heavy atom. The van der Waals surface area contributed by atoms with Crippen LogP contribution in [0.15, 0.2) is 48.5 Å². The van der Waals surface area contributed by atoms with E-state index in [2.05, 4.69) is 13.0 Å². The highest BCUT2D eigenvalue weighted by Crippen LogP contribution is 2.26. The normalized spacial score (nSPS) is 10.3. The quantitative estimate of drug-likeness (QED) is 0.638. The Kier molecular flexibility index (Phi) is 6.62. The molecule has 0 aliphatic heterocycles. The molecule has 2 rings (SSSR count). The zero-order valence-corrected chi connectivity index (χ0v) is 13.4. The van der Waals surface area contributed by atoms with Crippen molar-refractivity contribution in [2.75, 3.05) is 19.8 Å². The van der Waals surface area contributed by atoms with Crippen LogP contribution in [-0.2, 0) is 6.42 Å². The van der Waals surface area contributed by atoms with E-state index in [1.165, 1.54) is 5.56 Å². The molecule has 0 aromatic heterocycles. The molecule has 0 N–H and O–H groups in total. The molecule has 118 valence electrons. The average Bonchev–Trinajstić information content (AvgIpc) is 2.56. The van der Waals surface area contributed by atoms with Crippen LogP contribution in [0, 0.1) is 0 Å². The van der Waals surface area contributed by atoms with E-state index in [-0.39, 0.29) is 0 Å². The van der Waals surface area contributed by atoms with Gasteiger partial charge in [-0.3, -0.25) is 0 Å². The predicted molar refractivity (Wildman–Crippen MR) is 89.0 cm³/mol. The highest BCUT2D eigenvalue weighted by atomic mass is 16.5. The first-order valence-electron chi connectivity index (χ1n) is 7.90. The highest BCUT2D eigenvalue weighted by Gasteiger charge is 2.04. The van der Waals surface area contributed by atoms with Gasteiger partial charge >= 0.3 is 0 Å². The monoisotopic (exact) mass is 300 g/mol. The molecule has 0 saturated carbocycles. The Balaban J connectivity index is 1.76. The van der Waals surface area contributed by atoms with E-state index in [0.717, 1.165) is 30.1 Å². The van der Waals surface area contributed by atoms with E-state index in [1.807, 2.05) is 49.4 Å². The van der Waals surface area contributed by atoms with Gasteiger partial charge in [0.15, 0.2) is 11.5 Å². The van der Waals surface area contributed by atoms with Gasteiger partial charge in [-0.1, -0.05) is 37.3 Å². The first-order valence-corrected chi connectivity index (χ1v) is 7.90. The van der Waals surface area contributed by atoms with Gasteiger partial charge in [0.2, 0.25) is 0 Å². The van der Waals surface area contributed by atoms with Crippen LogP contribution in [0.2, 0.25) is 0 Å².